The van der Waals surface area contributed by atoms with E-state index in [0.29, 0.717) is 0 Å². The Balaban J connectivity index is 2.61. The number of hydrogen-bond donors (Lipinski definition) is 1. The van der Waals surface area contributed by atoms with Gasteiger partial charge in [0.2, 0.25) is 0 Å². The summed E-state index contributed by atoms with van der Waals surface area (Å²) in [6, 6.07) is 2.14. The Morgan fingerprint density at radius 1 is 1.15 bits per heavy atom. The lowest BCUT2D eigenvalue weighted by molar-refractivity contribution is 0.570. The van der Waals surface area contributed by atoms with Crippen molar-refractivity contribution in [2.45, 2.75) is 26.2 Å². The molecule has 0 aliphatic heterocycles. The van der Waals surface area contributed by atoms with Crippen LogP contribution in [0.2, 0.25) is 0 Å². The van der Waals surface area contributed by atoms with Crippen LogP contribution in [-0.2, 0) is 5.41 Å². The minimum absolute atomic E-state index is 0.130. The van der Waals surface area contributed by atoms with Gasteiger partial charge in [0.05, 0.1) is 0 Å². The Morgan fingerprint density at radius 2 is 1.85 bits per heavy atom. The highest BCUT2D eigenvalue weighted by molar-refractivity contribution is 5.81. The summed E-state index contributed by atoms with van der Waals surface area (Å²) < 4.78 is 0. The number of fused-ring (bicyclic) bond motifs is 1. The first-order valence-electron chi connectivity index (χ1n) is 4.50. The van der Waals surface area contributed by atoms with E-state index in [1.807, 2.05) is 18.6 Å². The fraction of sp³-hybridized carbons (Fsp3) is 0.364. The lowest BCUT2D eigenvalue weighted by Crippen LogP contribution is -2.12. The van der Waals surface area contributed by atoms with Gasteiger partial charge in [-0.25, -0.2) is 0 Å². The summed E-state index contributed by atoms with van der Waals surface area (Å²) in [5.41, 5.74) is 1.27. The molecule has 2 aromatic heterocycles. The van der Waals surface area contributed by atoms with E-state index in [-0.39, 0.29) is 5.41 Å². The first-order valence-corrected chi connectivity index (χ1v) is 4.50. The van der Waals surface area contributed by atoms with Crippen molar-refractivity contribution in [1.82, 2.24) is 9.97 Å². The fourth-order valence-electron chi connectivity index (χ4n) is 1.36. The third-order valence-corrected chi connectivity index (χ3v) is 2.21. The SMILES string of the molecule is CC(C)(C)c1cc2c[nH]cc2cn1. The van der Waals surface area contributed by atoms with Gasteiger partial charge in [0.1, 0.15) is 0 Å². The van der Waals surface area contributed by atoms with Gasteiger partial charge in [-0.15, -0.1) is 0 Å². The van der Waals surface area contributed by atoms with Crippen LogP contribution < -0.4 is 0 Å². The summed E-state index contributed by atoms with van der Waals surface area (Å²) in [5.74, 6) is 0. The highest BCUT2D eigenvalue weighted by atomic mass is 14.7. The molecule has 0 aromatic carbocycles. The molecule has 0 radical (unpaired) electrons. The molecule has 0 amide bonds. The Labute approximate surface area is 78.0 Å². The predicted octanol–water partition coefficient (Wildman–Crippen LogP) is 2.86. The Hall–Kier alpha value is -1.31. The van der Waals surface area contributed by atoms with Crippen LogP contribution in [0.4, 0.5) is 0 Å². The molecule has 68 valence electrons. The molecule has 0 aliphatic carbocycles. The first kappa shape index (κ1) is 8.30. The molecule has 13 heavy (non-hydrogen) atoms. The third kappa shape index (κ3) is 1.44. The molecule has 0 unspecified atom stereocenters. The number of aromatic amines is 1. The molecular formula is C11H14N2. The number of nitrogens with one attached hydrogen (secondary N) is 1. The summed E-state index contributed by atoms with van der Waals surface area (Å²) in [6.45, 7) is 6.52. The zero-order chi connectivity index (χ0) is 9.47. The average molecular weight is 174 g/mol. The summed E-state index contributed by atoms with van der Waals surface area (Å²) in [5, 5.41) is 2.41. The molecule has 0 saturated carbocycles. The van der Waals surface area contributed by atoms with E-state index in [1.165, 1.54) is 10.8 Å². The van der Waals surface area contributed by atoms with Crippen LogP contribution in [0.5, 0.6) is 0 Å². The topological polar surface area (TPSA) is 28.7 Å². The Bertz CT molecular complexity index is 421. The van der Waals surface area contributed by atoms with Crippen LogP contribution in [-0.4, -0.2) is 9.97 Å². The summed E-state index contributed by atoms with van der Waals surface area (Å²) in [7, 11) is 0. The second-order valence-corrected chi connectivity index (χ2v) is 4.40. The monoisotopic (exact) mass is 174 g/mol. The van der Waals surface area contributed by atoms with Crippen LogP contribution in [0.3, 0.4) is 0 Å². The van der Waals surface area contributed by atoms with Gasteiger partial charge in [0.25, 0.3) is 0 Å². The van der Waals surface area contributed by atoms with Gasteiger partial charge < -0.3 is 4.98 Å². The normalized spacial score (nSPS) is 12.2. The highest BCUT2D eigenvalue weighted by Gasteiger charge is 2.15. The van der Waals surface area contributed by atoms with Crippen molar-refractivity contribution < 1.29 is 0 Å². The summed E-state index contributed by atoms with van der Waals surface area (Å²) in [4.78, 5) is 7.51. The largest absolute Gasteiger partial charge is 0.366 e. The number of rotatable bonds is 0. The van der Waals surface area contributed by atoms with Crippen molar-refractivity contribution >= 4 is 10.8 Å². The minimum atomic E-state index is 0.130. The molecule has 0 spiro atoms. The maximum Gasteiger partial charge on any atom is 0.0464 e. The first-order chi connectivity index (χ1) is 6.07. The van der Waals surface area contributed by atoms with Crippen molar-refractivity contribution in [2.75, 3.05) is 0 Å². The smallest absolute Gasteiger partial charge is 0.0464 e. The van der Waals surface area contributed by atoms with E-state index in [9.17, 15) is 0 Å². The Kier molecular flexibility index (Phi) is 1.65. The van der Waals surface area contributed by atoms with Crippen molar-refractivity contribution in [3.63, 3.8) is 0 Å². The van der Waals surface area contributed by atoms with Gasteiger partial charge in [0, 0.05) is 40.5 Å². The fourth-order valence-corrected chi connectivity index (χ4v) is 1.36. The van der Waals surface area contributed by atoms with Crippen LogP contribution in [0.25, 0.3) is 10.8 Å². The maximum atomic E-state index is 4.43. The molecule has 2 rings (SSSR count). The quantitative estimate of drug-likeness (QED) is 0.653. The number of hydrogen-bond acceptors (Lipinski definition) is 1. The molecule has 0 saturated heterocycles. The number of H-pyrrole nitrogens is 1. The van der Waals surface area contributed by atoms with E-state index in [0.717, 1.165) is 5.69 Å². The highest BCUT2D eigenvalue weighted by Crippen LogP contribution is 2.23. The molecule has 2 aromatic rings. The van der Waals surface area contributed by atoms with Crippen molar-refractivity contribution in [3.8, 4) is 0 Å². The molecule has 0 atom stereocenters. The maximum absolute atomic E-state index is 4.43. The van der Waals surface area contributed by atoms with E-state index in [2.05, 4.69) is 36.8 Å². The number of aromatic nitrogens is 2. The average Bonchev–Trinajstić information content (AvgIpc) is 2.47. The molecule has 0 aliphatic rings. The van der Waals surface area contributed by atoms with Crippen molar-refractivity contribution in [3.05, 3.63) is 30.4 Å². The van der Waals surface area contributed by atoms with Gasteiger partial charge in [-0.1, -0.05) is 20.8 Å². The van der Waals surface area contributed by atoms with E-state index >= 15 is 0 Å². The van der Waals surface area contributed by atoms with Gasteiger partial charge >= 0.3 is 0 Å². The second kappa shape index (κ2) is 2.59. The molecule has 2 heterocycles. The minimum Gasteiger partial charge on any atom is -0.366 e. The van der Waals surface area contributed by atoms with E-state index in [4.69, 9.17) is 0 Å². The molecule has 2 heteroatoms. The third-order valence-electron chi connectivity index (χ3n) is 2.21. The van der Waals surface area contributed by atoms with Crippen LogP contribution in [0.1, 0.15) is 26.5 Å². The van der Waals surface area contributed by atoms with Gasteiger partial charge in [-0.3, -0.25) is 4.98 Å². The predicted molar refractivity (Wildman–Crippen MR) is 54.8 cm³/mol. The van der Waals surface area contributed by atoms with Gasteiger partial charge in [0.15, 0.2) is 0 Å². The zero-order valence-corrected chi connectivity index (χ0v) is 8.26. The van der Waals surface area contributed by atoms with E-state index < -0.39 is 0 Å². The molecular weight excluding hydrogens is 160 g/mol. The van der Waals surface area contributed by atoms with Crippen LogP contribution in [0, 0.1) is 0 Å². The number of pyridine rings is 1. The van der Waals surface area contributed by atoms with Crippen molar-refractivity contribution in [1.29, 1.82) is 0 Å². The second-order valence-electron chi connectivity index (χ2n) is 4.40. The van der Waals surface area contributed by atoms with E-state index in [1.54, 1.807) is 0 Å². The Morgan fingerprint density at radius 3 is 2.54 bits per heavy atom. The molecule has 0 fully saturated rings. The van der Waals surface area contributed by atoms with Gasteiger partial charge in [-0.2, -0.15) is 0 Å². The standard InChI is InChI=1S/C11H14N2/c1-11(2,3)10-4-8-5-12-6-9(8)7-13-10/h4-7,12H,1-3H3. The lowest BCUT2D eigenvalue weighted by Gasteiger charge is -2.17. The van der Waals surface area contributed by atoms with Gasteiger partial charge in [-0.05, 0) is 6.07 Å². The summed E-state index contributed by atoms with van der Waals surface area (Å²) in [6.07, 6.45) is 5.90. The number of nitrogens with zero attached hydrogens (tertiary/aromatic N) is 1. The van der Waals surface area contributed by atoms with Crippen LogP contribution >= 0.6 is 0 Å². The lowest BCUT2D eigenvalue weighted by atomic mass is 9.91. The zero-order valence-electron chi connectivity index (χ0n) is 8.26. The van der Waals surface area contributed by atoms with Crippen molar-refractivity contribution in [2.24, 2.45) is 0 Å². The molecule has 0 bridgehead atoms. The van der Waals surface area contributed by atoms with Crippen LogP contribution in [0.15, 0.2) is 24.7 Å². The molecule has 2 nitrogen and oxygen atoms in total. The molecule has 1 N–H and O–H groups in total. The summed E-state index contributed by atoms with van der Waals surface area (Å²) >= 11 is 0.